The number of fused-ring (bicyclic) bond motifs is 1. The maximum atomic E-state index is 14.5. The fourth-order valence-electron chi connectivity index (χ4n) is 2.65. The van der Waals surface area contributed by atoms with Gasteiger partial charge in [-0.3, -0.25) is 0 Å². The van der Waals surface area contributed by atoms with E-state index < -0.39 is 31.8 Å². The summed E-state index contributed by atoms with van der Waals surface area (Å²) in [6.45, 7) is 6.83. The number of oxazole rings is 1. The smallest absolute Gasteiger partial charge is 0.407 e. The molecule has 0 aliphatic heterocycles. The quantitative estimate of drug-likeness (QED) is 0.336. The van der Waals surface area contributed by atoms with Crippen LogP contribution < -0.4 is 5.76 Å². The largest absolute Gasteiger partial charge is 0.421 e. The van der Waals surface area contributed by atoms with Gasteiger partial charge in [0.1, 0.15) is 22.5 Å². The molecule has 0 unspecified atom stereocenters. The normalized spacial score (nSPS) is 12.3. The Morgan fingerprint density at radius 3 is 2.69 bits per heavy atom. The van der Waals surface area contributed by atoms with E-state index in [1.165, 1.54) is 12.3 Å². The zero-order chi connectivity index (χ0) is 21.3. The van der Waals surface area contributed by atoms with E-state index in [0.717, 1.165) is 16.7 Å². The predicted octanol–water partition coefficient (Wildman–Crippen LogP) is 5.20. The summed E-state index contributed by atoms with van der Waals surface area (Å²) in [6, 6.07) is 3.32. The molecule has 0 bridgehead atoms. The first-order chi connectivity index (χ1) is 13.6. The monoisotopic (exact) mass is 489 g/mol. The van der Waals surface area contributed by atoms with Crippen molar-refractivity contribution in [2.75, 3.05) is 6.61 Å². The number of hydrogen-bond donors (Lipinski definition) is 0. The molecule has 0 spiro atoms. The standard InChI is InChI=1S/C18H19BrF3N3O3Si/c1-29(2,3)7-6-27-9-25-14-11(20)5-4-10(15(14)28-18(25)26)12-8-23-16(19)13(24-12)17(21)22/h4-5,8,17H,6-7,9H2,1-3H3. The molecule has 0 fully saturated rings. The molecule has 0 saturated heterocycles. The fraction of sp³-hybridized carbons (Fsp3) is 0.389. The Morgan fingerprint density at radius 1 is 1.31 bits per heavy atom. The van der Waals surface area contributed by atoms with E-state index in [4.69, 9.17) is 9.15 Å². The summed E-state index contributed by atoms with van der Waals surface area (Å²) < 4.78 is 52.5. The molecule has 29 heavy (non-hydrogen) atoms. The molecule has 2 aromatic heterocycles. The number of benzene rings is 1. The van der Waals surface area contributed by atoms with Gasteiger partial charge in [-0.25, -0.2) is 32.5 Å². The zero-order valence-corrected chi connectivity index (χ0v) is 18.6. The van der Waals surface area contributed by atoms with Gasteiger partial charge in [0, 0.05) is 20.2 Å². The number of aromatic nitrogens is 3. The molecule has 1 aromatic carbocycles. The third-order valence-corrected chi connectivity index (χ3v) is 6.53. The summed E-state index contributed by atoms with van der Waals surface area (Å²) in [4.78, 5) is 20.0. The van der Waals surface area contributed by atoms with Crippen molar-refractivity contribution in [1.29, 1.82) is 0 Å². The minimum Gasteiger partial charge on any atom is -0.407 e. The minimum atomic E-state index is -2.86. The molecule has 0 aliphatic rings. The van der Waals surface area contributed by atoms with Crippen molar-refractivity contribution in [3.05, 3.63) is 45.0 Å². The first-order valence-electron chi connectivity index (χ1n) is 8.79. The van der Waals surface area contributed by atoms with E-state index in [-0.39, 0.29) is 33.7 Å². The molecule has 156 valence electrons. The number of halogens is 4. The van der Waals surface area contributed by atoms with E-state index in [1.807, 2.05) is 0 Å². The summed E-state index contributed by atoms with van der Waals surface area (Å²) in [7, 11) is -1.32. The van der Waals surface area contributed by atoms with Crippen LogP contribution in [0, 0.1) is 5.82 Å². The highest BCUT2D eigenvalue weighted by atomic mass is 79.9. The van der Waals surface area contributed by atoms with Gasteiger partial charge >= 0.3 is 5.76 Å². The lowest BCUT2D eigenvalue weighted by Gasteiger charge is -2.15. The molecular formula is C18H19BrF3N3O3Si. The lowest BCUT2D eigenvalue weighted by molar-refractivity contribution is 0.0847. The Hall–Kier alpha value is -1.98. The van der Waals surface area contributed by atoms with Crippen molar-refractivity contribution in [3.63, 3.8) is 0 Å². The number of hydrogen-bond acceptors (Lipinski definition) is 5. The molecule has 3 aromatic rings. The first-order valence-corrected chi connectivity index (χ1v) is 13.3. The minimum absolute atomic E-state index is 0.0362. The maximum absolute atomic E-state index is 14.5. The Bertz CT molecular complexity index is 1100. The molecule has 2 heterocycles. The van der Waals surface area contributed by atoms with E-state index >= 15 is 0 Å². The summed E-state index contributed by atoms with van der Waals surface area (Å²) in [6.07, 6.45) is -1.62. The third-order valence-electron chi connectivity index (χ3n) is 4.21. The fourth-order valence-corrected chi connectivity index (χ4v) is 3.77. The van der Waals surface area contributed by atoms with E-state index in [2.05, 4.69) is 45.5 Å². The first kappa shape index (κ1) is 21.7. The van der Waals surface area contributed by atoms with Crippen molar-refractivity contribution in [1.82, 2.24) is 14.5 Å². The average molecular weight is 490 g/mol. The molecule has 0 saturated carbocycles. The Balaban J connectivity index is 2.01. The van der Waals surface area contributed by atoms with Gasteiger partial charge in [-0.1, -0.05) is 19.6 Å². The van der Waals surface area contributed by atoms with Crippen molar-refractivity contribution in [2.45, 2.75) is 38.8 Å². The van der Waals surface area contributed by atoms with E-state index in [0.29, 0.717) is 6.61 Å². The number of nitrogens with zero attached hydrogens (tertiary/aromatic N) is 3. The summed E-state index contributed by atoms with van der Waals surface area (Å²) in [5, 5.41) is 0. The summed E-state index contributed by atoms with van der Waals surface area (Å²) in [5.41, 5.74) is -0.545. The molecule has 11 heteroatoms. The van der Waals surface area contributed by atoms with Crippen molar-refractivity contribution in [2.24, 2.45) is 0 Å². The molecular weight excluding hydrogens is 471 g/mol. The Labute approximate surface area is 173 Å². The van der Waals surface area contributed by atoms with Crippen LogP contribution in [0.3, 0.4) is 0 Å². The second-order valence-corrected chi connectivity index (χ2v) is 14.0. The van der Waals surface area contributed by atoms with Gasteiger partial charge < -0.3 is 9.15 Å². The lowest BCUT2D eigenvalue weighted by Crippen LogP contribution is -2.23. The Kier molecular flexibility index (Phi) is 6.29. The highest BCUT2D eigenvalue weighted by molar-refractivity contribution is 9.10. The van der Waals surface area contributed by atoms with Crippen LogP contribution in [0.5, 0.6) is 0 Å². The second-order valence-electron chi connectivity index (χ2n) is 7.65. The van der Waals surface area contributed by atoms with Crippen LogP contribution in [0.1, 0.15) is 12.1 Å². The van der Waals surface area contributed by atoms with Gasteiger partial charge in [-0.05, 0) is 34.1 Å². The van der Waals surface area contributed by atoms with Gasteiger partial charge in [0.25, 0.3) is 6.43 Å². The molecule has 0 N–H and O–H groups in total. The third kappa shape index (κ3) is 4.78. The number of rotatable bonds is 7. The highest BCUT2D eigenvalue weighted by Gasteiger charge is 2.22. The lowest BCUT2D eigenvalue weighted by atomic mass is 10.1. The van der Waals surface area contributed by atoms with Crippen molar-refractivity contribution >= 4 is 35.1 Å². The molecule has 0 atom stereocenters. The molecule has 3 rings (SSSR count). The average Bonchev–Trinajstić information content (AvgIpc) is 2.96. The maximum Gasteiger partial charge on any atom is 0.421 e. The van der Waals surface area contributed by atoms with Crippen LogP contribution in [-0.4, -0.2) is 29.2 Å². The van der Waals surface area contributed by atoms with Crippen LogP contribution in [0.4, 0.5) is 13.2 Å². The van der Waals surface area contributed by atoms with Crippen LogP contribution in [0.2, 0.25) is 25.7 Å². The van der Waals surface area contributed by atoms with Gasteiger partial charge in [0.2, 0.25) is 0 Å². The van der Waals surface area contributed by atoms with Gasteiger partial charge in [0.05, 0.1) is 11.9 Å². The topological polar surface area (TPSA) is 70.2 Å². The Morgan fingerprint density at radius 2 is 2.03 bits per heavy atom. The number of alkyl halides is 2. The number of ether oxygens (including phenoxy) is 1. The van der Waals surface area contributed by atoms with Gasteiger partial charge in [0.15, 0.2) is 11.4 Å². The van der Waals surface area contributed by atoms with Gasteiger partial charge in [-0.2, -0.15) is 0 Å². The molecule has 0 amide bonds. The van der Waals surface area contributed by atoms with Crippen LogP contribution in [-0.2, 0) is 11.5 Å². The van der Waals surface area contributed by atoms with E-state index in [1.54, 1.807) is 0 Å². The molecule has 6 nitrogen and oxygen atoms in total. The van der Waals surface area contributed by atoms with Crippen LogP contribution in [0.15, 0.2) is 32.1 Å². The van der Waals surface area contributed by atoms with Crippen molar-refractivity contribution in [3.8, 4) is 11.3 Å². The summed E-state index contributed by atoms with van der Waals surface area (Å²) >= 11 is 2.92. The van der Waals surface area contributed by atoms with Crippen molar-refractivity contribution < 1.29 is 22.3 Å². The van der Waals surface area contributed by atoms with E-state index in [9.17, 15) is 18.0 Å². The molecule has 0 aliphatic carbocycles. The molecule has 0 radical (unpaired) electrons. The van der Waals surface area contributed by atoms with Crippen LogP contribution >= 0.6 is 15.9 Å². The van der Waals surface area contributed by atoms with Gasteiger partial charge in [-0.15, -0.1) is 0 Å². The van der Waals surface area contributed by atoms with Crippen LogP contribution in [0.25, 0.3) is 22.4 Å². The SMILES string of the molecule is C[Si](C)(C)CCOCn1c(=O)oc2c(-c3cnc(Br)c(C(F)F)n3)ccc(F)c21. The highest BCUT2D eigenvalue weighted by Crippen LogP contribution is 2.31. The predicted molar refractivity (Wildman–Crippen MR) is 108 cm³/mol. The zero-order valence-electron chi connectivity index (χ0n) is 16.0. The second kappa shape index (κ2) is 8.40. The summed E-state index contributed by atoms with van der Waals surface area (Å²) in [5.74, 6) is -1.50.